The summed E-state index contributed by atoms with van der Waals surface area (Å²) in [4.78, 5) is 25.5. The van der Waals surface area contributed by atoms with Gasteiger partial charge in [0.1, 0.15) is 17.8 Å². The first-order valence-corrected chi connectivity index (χ1v) is 17.2. The van der Waals surface area contributed by atoms with Crippen molar-refractivity contribution in [2.75, 3.05) is 19.8 Å². The van der Waals surface area contributed by atoms with E-state index in [2.05, 4.69) is 0 Å². The highest BCUT2D eigenvalue weighted by Crippen LogP contribution is 2.63. The predicted octanol–water partition coefficient (Wildman–Crippen LogP) is 4.24. The molecule has 12 nitrogen and oxygen atoms in total. The largest absolute Gasteiger partial charge is 0.509 e. The maximum absolute atomic E-state index is 13.9. The van der Waals surface area contributed by atoms with Gasteiger partial charge >= 0.3 is 27.5 Å². The van der Waals surface area contributed by atoms with E-state index in [9.17, 15) is 26.8 Å². The summed E-state index contributed by atoms with van der Waals surface area (Å²) >= 11 is 0. The van der Waals surface area contributed by atoms with Crippen LogP contribution in [0.25, 0.3) is 0 Å². The van der Waals surface area contributed by atoms with Gasteiger partial charge in [0.05, 0.1) is 19.8 Å². The van der Waals surface area contributed by atoms with Gasteiger partial charge in [0.2, 0.25) is 0 Å². The summed E-state index contributed by atoms with van der Waals surface area (Å²) in [5.41, 5.74) is -1.73. The molecule has 2 spiro atoms. The van der Waals surface area contributed by atoms with Crippen molar-refractivity contribution in [1.82, 2.24) is 0 Å². The summed E-state index contributed by atoms with van der Waals surface area (Å²) in [6.45, 7) is 0.00291. The number of halogens is 2. The highest BCUT2D eigenvalue weighted by molar-refractivity contribution is 7.87. The summed E-state index contributed by atoms with van der Waals surface area (Å²) in [5.74, 6) is -3.50. The van der Waals surface area contributed by atoms with Gasteiger partial charge in [-0.3, -0.25) is 4.55 Å². The molecule has 0 aromatic rings. The van der Waals surface area contributed by atoms with Gasteiger partial charge in [0.25, 0.3) is 0 Å². The Morgan fingerprint density at radius 1 is 0.886 bits per heavy atom. The number of carbonyl (C=O) groups excluding carboxylic acids is 2. The first-order valence-electron chi connectivity index (χ1n) is 15.8. The quantitative estimate of drug-likeness (QED) is 0.295. The van der Waals surface area contributed by atoms with Crippen LogP contribution < -0.4 is 0 Å². The van der Waals surface area contributed by atoms with Gasteiger partial charge < -0.3 is 33.2 Å². The van der Waals surface area contributed by atoms with Gasteiger partial charge in [0, 0.05) is 31.1 Å². The normalized spacial score (nSPS) is 39.2. The lowest BCUT2D eigenvalue weighted by molar-refractivity contribution is -0.214. The van der Waals surface area contributed by atoms with Crippen LogP contribution in [-0.4, -0.2) is 85.7 Å². The van der Waals surface area contributed by atoms with E-state index in [0.717, 1.165) is 57.8 Å². The number of rotatable bonds is 8. The van der Waals surface area contributed by atoms with Crippen molar-refractivity contribution >= 4 is 22.2 Å². The van der Waals surface area contributed by atoms with E-state index in [4.69, 9.17) is 37.7 Å². The standard InChI is InChI=1S/C29H40F2O12S/c30-29(31,44(34,35)36)23(32)37-17-25-10-18-9-19(11-25)13-26(12-18,16-25)43-24(33)40-22(20-14-38-27(41-20)5-1-2-6-27)21-15-39-28(42-21)7-3-4-8-28/h18-22H,1-17H2,(H,34,35,36). The maximum atomic E-state index is 13.9. The molecule has 4 unspecified atom stereocenters. The van der Waals surface area contributed by atoms with Crippen LogP contribution in [0, 0.1) is 17.3 Å². The molecule has 8 fully saturated rings. The predicted molar refractivity (Wildman–Crippen MR) is 143 cm³/mol. The van der Waals surface area contributed by atoms with Crippen molar-refractivity contribution in [2.24, 2.45) is 17.3 Å². The Morgan fingerprint density at radius 3 is 1.91 bits per heavy atom. The fourth-order valence-corrected chi connectivity index (χ4v) is 9.87. The summed E-state index contributed by atoms with van der Waals surface area (Å²) in [7, 11) is -5.98. The fourth-order valence-electron chi connectivity index (χ4n) is 9.60. The average molecular weight is 651 g/mol. The Labute approximate surface area is 254 Å². The van der Waals surface area contributed by atoms with Gasteiger partial charge in [-0.15, -0.1) is 0 Å². The van der Waals surface area contributed by atoms with E-state index >= 15 is 0 Å². The minimum absolute atomic E-state index is 0.100. The Balaban J connectivity index is 1.05. The number of hydrogen-bond donors (Lipinski definition) is 1. The molecule has 4 bridgehead atoms. The van der Waals surface area contributed by atoms with Crippen molar-refractivity contribution in [3.8, 4) is 0 Å². The topological polar surface area (TPSA) is 153 Å². The maximum Gasteiger partial charge on any atom is 0.509 e. The molecule has 0 radical (unpaired) electrons. The van der Waals surface area contributed by atoms with Crippen LogP contribution in [0.15, 0.2) is 0 Å². The third-order valence-electron chi connectivity index (χ3n) is 10.9. The summed E-state index contributed by atoms with van der Waals surface area (Å²) < 4.78 is 100. The number of alkyl halides is 2. The Bertz CT molecular complexity index is 1210. The zero-order chi connectivity index (χ0) is 31.0. The molecule has 2 aliphatic heterocycles. The molecule has 0 aromatic carbocycles. The zero-order valence-electron chi connectivity index (χ0n) is 24.5. The molecule has 6 aliphatic carbocycles. The number of esters is 1. The van der Waals surface area contributed by atoms with E-state index in [-0.39, 0.29) is 31.5 Å². The molecule has 2 saturated heterocycles. The molecule has 0 aromatic heterocycles. The van der Waals surface area contributed by atoms with Crippen LogP contribution in [0.2, 0.25) is 0 Å². The molecular formula is C29H40F2O12S. The minimum atomic E-state index is -5.98. The minimum Gasteiger partial charge on any atom is -0.460 e. The molecule has 0 amide bonds. The molecule has 4 atom stereocenters. The fraction of sp³-hybridized carbons (Fsp3) is 0.931. The molecule has 2 heterocycles. The van der Waals surface area contributed by atoms with Crippen LogP contribution in [-0.2, 0) is 48.1 Å². The van der Waals surface area contributed by atoms with Gasteiger partial charge in [-0.2, -0.15) is 17.2 Å². The van der Waals surface area contributed by atoms with Gasteiger partial charge in [-0.1, -0.05) is 0 Å². The second-order valence-corrected chi connectivity index (χ2v) is 15.8. The van der Waals surface area contributed by atoms with Crippen molar-refractivity contribution in [3.05, 3.63) is 0 Å². The monoisotopic (exact) mass is 650 g/mol. The lowest BCUT2D eigenvalue weighted by Crippen LogP contribution is -2.59. The summed E-state index contributed by atoms with van der Waals surface area (Å²) in [6.07, 6.45) is 7.47. The Morgan fingerprint density at radius 2 is 1.41 bits per heavy atom. The van der Waals surface area contributed by atoms with E-state index in [1.165, 1.54) is 0 Å². The molecule has 248 valence electrons. The third kappa shape index (κ3) is 5.52. The van der Waals surface area contributed by atoms with Crippen LogP contribution in [0.1, 0.15) is 89.9 Å². The highest BCUT2D eigenvalue weighted by atomic mass is 32.2. The second-order valence-electron chi connectivity index (χ2n) is 14.3. The van der Waals surface area contributed by atoms with Crippen molar-refractivity contribution in [1.29, 1.82) is 0 Å². The van der Waals surface area contributed by atoms with Gasteiger partial charge in [-0.05, 0) is 76.0 Å². The smallest absolute Gasteiger partial charge is 0.460 e. The molecule has 8 aliphatic rings. The molecule has 15 heteroatoms. The van der Waals surface area contributed by atoms with Crippen molar-refractivity contribution in [2.45, 2.75) is 131 Å². The van der Waals surface area contributed by atoms with Crippen LogP contribution in [0.4, 0.5) is 13.6 Å². The van der Waals surface area contributed by atoms with Crippen LogP contribution in [0.3, 0.4) is 0 Å². The van der Waals surface area contributed by atoms with Crippen LogP contribution >= 0.6 is 0 Å². The molecule has 8 rings (SSSR count). The van der Waals surface area contributed by atoms with Gasteiger partial charge in [-0.25, -0.2) is 9.59 Å². The highest BCUT2D eigenvalue weighted by Gasteiger charge is 2.62. The van der Waals surface area contributed by atoms with E-state index < -0.39 is 75.0 Å². The summed E-state index contributed by atoms with van der Waals surface area (Å²) in [5, 5.41) is -5.07. The molecule has 44 heavy (non-hydrogen) atoms. The number of carbonyl (C=O) groups is 2. The molecule has 6 saturated carbocycles. The first kappa shape index (κ1) is 31.0. The second kappa shape index (κ2) is 10.7. The van der Waals surface area contributed by atoms with Crippen LogP contribution in [0.5, 0.6) is 0 Å². The molecular weight excluding hydrogens is 610 g/mol. The average Bonchev–Trinajstić information content (AvgIpc) is 3.75. The van der Waals surface area contributed by atoms with E-state index in [1.807, 2.05) is 0 Å². The number of ether oxygens (including phenoxy) is 7. The molecule has 1 N–H and O–H groups in total. The lowest BCUT2D eigenvalue weighted by atomic mass is 9.48. The Hall–Kier alpha value is -1.65. The van der Waals surface area contributed by atoms with E-state index in [0.29, 0.717) is 25.7 Å². The zero-order valence-corrected chi connectivity index (χ0v) is 25.3. The van der Waals surface area contributed by atoms with Gasteiger partial charge in [0.15, 0.2) is 17.7 Å². The first-order chi connectivity index (χ1) is 20.7. The van der Waals surface area contributed by atoms with E-state index in [1.54, 1.807) is 0 Å². The third-order valence-corrected chi connectivity index (χ3v) is 11.8. The summed E-state index contributed by atoms with van der Waals surface area (Å²) in [6, 6.07) is 0. The Kier molecular flexibility index (Phi) is 7.53. The lowest BCUT2D eigenvalue weighted by Gasteiger charge is -2.60. The number of hydrogen-bond acceptors (Lipinski definition) is 11. The SMILES string of the molecule is O=C(OC(C1COC2(CCCC2)O1)C1COC2(CCCC2)O1)OC12CC3CC(CC(COC(=O)C(F)(F)S(=O)(=O)O)(C3)C1)C2. The van der Waals surface area contributed by atoms with Crippen molar-refractivity contribution < 1.29 is 64.5 Å². The van der Waals surface area contributed by atoms with Crippen molar-refractivity contribution in [3.63, 3.8) is 0 Å².